The molecule has 0 aliphatic heterocycles. The molecule has 0 aromatic heterocycles. The predicted octanol–water partition coefficient (Wildman–Crippen LogP) is 4.39. The van der Waals surface area contributed by atoms with Crippen molar-refractivity contribution in [3.8, 4) is 0 Å². The Morgan fingerprint density at radius 1 is 1.06 bits per heavy atom. The number of carbonyl (C=O) groups is 1. The predicted molar refractivity (Wildman–Crippen MR) is 70.1 cm³/mol. The van der Waals surface area contributed by atoms with Gasteiger partial charge < -0.3 is 4.74 Å². The first-order valence-corrected chi connectivity index (χ1v) is 5.47. The second-order valence-electron chi connectivity index (χ2n) is 3.90. The third kappa shape index (κ3) is 23.0. The first kappa shape index (κ1) is 17.1. The van der Waals surface area contributed by atoms with Crippen LogP contribution in [0.4, 0.5) is 0 Å². The average Bonchev–Trinajstić information content (AvgIpc) is 2.12. The summed E-state index contributed by atoms with van der Waals surface area (Å²) in [4.78, 5) is 9.75. The zero-order chi connectivity index (χ0) is 13.0. The largest absolute Gasteiger partial charge is 0.435 e. The lowest BCUT2D eigenvalue weighted by Gasteiger charge is -1.99. The maximum Gasteiger partial charge on any atom is 0.307 e. The lowest BCUT2D eigenvalue weighted by molar-refractivity contribution is -0.135. The van der Waals surface area contributed by atoms with Gasteiger partial charge in [0.2, 0.25) is 0 Å². The summed E-state index contributed by atoms with van der Waals surface area (Å²) < 4.78 is 4.17. The molecule has 0 unspecified atom stereocenters. The highest BCUT2D eigenvalue weighted by molar-refractivity contribution is 5.66. The fraction of sp³-hybridized carbons (Fsp3) is 0.500. The Hall–Kier alpha value is -1.31. The van der Waals surface area contributed by atoms with Gasteiger partial charge >= 0.3 is 5.97 Å². The SMILES string of the molecule is C=C(C)CCCCC(=C)C.C=COC(C)=O. The third-order valence-corrected chi connectivity index (χ3v) is 1.71. The molecule has 0 fully saturated rings. The standard InChI is InChI=1S/C10H18.C4H6O2/c1-9(2)7-5-6-8-10(3)4;1-3-6-4(2)5/h1,3,5-8H2,2,4H3;3H,1H2,2H3. The van der Waals surface area contributed by atoms with Crippen LogP contribution in [0.5, 0.6) is 0 Å². The van der Waals surface area contributed by atoms with Gasteiger partial charge in [0.05, 0.1) is 6.26 Å². The molecule has 0 spiro atoms. The van der Waals surface area contributed by atoms with E-state index < -0.39 is 0 Å². The summed E-state index contributed by atoms with van der Waals surface area (Å²) in [5.41, 5.74) is 2.59. The minimum atomic E-state index is -0.329. The minimum Gasteiger partial charge on any atom is -0.435 e. The van der Waals surface area contributed by atoms with E-state index in [2.05, 4.69) is 38.3 Å². The van der Waals surface area contributed by atoms with Gasteiger partial charge in [-0.25, -0.2) is 0 Å². The van der Waals surface area contributed by atoms with Crippen molar-refractivity contribution < 1.29 is 9.53 Å². The van der Waals surface area contributed by atoms with Crippen molar-refractivity contribution in [3.63, 3.8) is 0 Å². The van der Waals surface area contributed by atoms with Crippen molar-refractivity contribution in [2.75, 3.05) is 0 Å². The Kier molecular flexibility index (Phi) is 12.6. The Morgan fingerprint density at radius 3 is 1.56 bits per heavy atom. The number of hydrogen-bond acceptors (Lipinski definition) is 2. The highest BCUT2D eigenvalue weighted by Crippen LogP contribution is 2.09. The Balaban J connectivity index is 0. The van der Waals surface area contributed by atoms with Crippen LogP contribution < -0.4 is 0 Å². The molecule has 0 amide bonds. The van der Waals surface area contributed by atoms with Crippen molar-refractivity contribution in [1.29, 1.82) is 0 Å². The van der Waals surface area contributed by atoms with Gasteiger partial charge in [-0.1, -0.05) is 17.7 Å². The number of ether oxygens (including phenoxy) is 1. The van der Waals surface area contributed by atoms with E-state index in [0.717, 1.165) is 6.26 Å². The molecule has 0 aromatic rings. The quantitative estimate of drug-likeness (QED) is 0.289. The first-order valence-electron chi connectivity index (χ1n) is 5.47. The number of carbonyl (C=O) groups excluding carboxylic acids is 1. The van der Waals surface area contributed by atoms with Gasteiger partial charge in [0.25, 0.3) is 0 Å². The van der Waals surface area contributed by atoms with Crippen LogP contribution in [0.3, 0.4) is 0 Å². The molecule has 92 valence electrons. The molecule has 0 saturated carbocycles. The molecule has 2 heteroatoms. The molecular weight excluding hydrogens is 200 g/mol. The first-order chi connectivity index (χ1) is 7.40. The summed E-state index contributed by atoms with van der Waals surface area (Å²) in [6, 6.07) is 0. The number of unbranched alkanes of at least 4 members (excludes halogenated alkanes) is 1. The zero-order valence-corrected chi connectivity index (χ0v) is 10.8. The van der Waals surface area contributed by atoms with Crippen LogP contribution in [-0.4, -0.2) is 5.97 Å². The van der Waals surface area contributed by atoms with E-state index in [1.54, 1.807) is 0 Å². The van der Waals surface area contributed by atoms with Crippen molar-refractivity contribution in [1.82, 2.24) is 0 Å². The van der Waals surface area contributed by atoms with Crippen LogP contribution in [0, 0.1) is 0 Å². The van der Waals surface area contributed by atoms with Gasteiger partial charge in [0.1, 0.15) is 0 Å². The fourth-order valence-corrected chi connectivity index (χ4v) is 0.971. The molecule has 0 N–H and O–H groups in total. The van der Waals surface area contributed by atoms with Crippen LogP contribution in [0.2, 0.25) is 0 Å². The molecule has 0 atom stereocenters. The van der Waals surface area contributed by atoms with E-state index >= 15 is 0 Å². The molecule has 0 aromatic carbocycles. The van der Waals surface area contributed by atoms with Crippen LogP contribution in [0.15, 0.2) is 37.1 Å². The van der Waals surface area contributed by atoms with E-state index in [1.807, 2.05) is 0 Å². The monoisotopic (exact) mass is 224 g/mol. The van der Waals surface area contributed by atoms with Gasteiger partial charge in [-0.05, 0) is 39.5 Å². The molecule has 0 rings (SSSR count). The van der Waals surface area contributed by atoms with Crippen LogP contribution in [0.1, 0.15) is 46.5 Å². The van der Waals surface area contributed by atoms with E-state index in [0.29, 0.717) is 0 Å². The summed E-state index contributed by atoms with van der Waals surface area (Å²) in [5, 5.41) is 0. The second-order valence-corrected chi connectivity index (χ2v) is 3.90. The molecule has 0 heterocycles. The highest BCUT2D eigenvalue weighted by atomic mass is 16.5. The molecular formula is C14H24O2. The van der Waals surface area contributed by atoms with Gasteiger partial charge in [0, 0.05) is 6.92 Å². The molecule has 2 nitrogen and oxygen atoms in total. The topological polar surface area (TPSA) is 26.3 Å². The summed E-state index contributed by atoms with van der Waals surface area (Å²) in [6.45, 7) is 16.3. The van der Waals surface area contributed by atoms with Crippen molar-refractivity contribution in [2.45, 2.75) is 46.5 Å². The molecule has 16 heavy (non-hydrogen) atoms. The number of hydrogen-bond donors (Lipinski definition) is 0. The van der Waals surface area contributed by atoms with Crippen molar-refractivity contribution in [2.24, 2.45) is 0 Å². The second kappa shape index (κ2) is 11.8. The molecule has 0 saturated heterocycles. The maximum atomic E-state index is 9.75. The third-order valence-electron chi connectivity index (χ3n) is 1.71. The van der Waals surface area contributed by atoms with Gasteiger partial charge in [-0.15, -0.1) is 13.2 Å². The molecule has 0 bridgehead atoms. The fourth-order valence-electron chi connectivity index (χ4n) is 0.971. The van der Waals surface area contributed by atoms with Crippen LogP contribution >= 0.6 is 0 Å². The van der Waals surface area contributed by atoms with Crippen molar-refractivity contribution >= 4 is 5.97 Å². The maximum absolute atomic E-state index is 9.75. The van der Waals surface area contributed by atoms with Crippen molar-refractivity contribution in [3.05, 3.63) is 37.1 Å². The Labute approximate surface area is 99.7 Å². The zero-order valence-electron chi connectivity index (χ0n) is 10.8. The summed E-state index contributed by atoms with van der Waals surface area (Å²) in [5.74, 6) is -0.329. The van der Waals surface area contributed by atoms with Crippen LogP contribution in [0.25, 0.3) is 0 Å². The Morgan fingerprint density at radius 2 is 1.44 bits per heavy atom. The lowest BCUT2D eigenvalue weighted by atomic mass is 10.1. The highest BCUT2D eigenvalue weighted by Gasteiger charge is 1.89. The number of esters is 1. The molecule has 0 radical (unpaired) electrons. The number of rotatable bonds is 6. The average molecular weight is 224 g/mol. The normalized spacial score (nSPS) is 8.44. The van der Waals surface area contributed by atoms with E-state index in [1.165, 1.54) is 43.8 Å². The van der Waals surface area contributed by atoms with E-state index in [-0.39, 0.29) is 5.97 Å². The minimum absolute atomic E-state index is 0.329. The Bertz CT molecular complexity index is 223. The van der Waals surface area contributed by atoms with Crippen LogP contribution in [-0.2, 0) is 9.53 Å². The molecule has 0 aliphatic rings. The van der Waals surface area contributed by atoms with E-state index in [4.69, 9.17) is 0 Å². The van der Waals surface area contributed by atoms with E-state index in [9.17, 15) is 4.79 Å². The summed E-state index contributed by atoms with van der Waals surface area (Å²) in [7, 11) is 0. The van der Waals surface area contributed by atoms with Gasteiger partial charge in [-0.3, -0.25) is 4.79 Å². The van der Waals surface area contributed by atoms with Gasteiger partial charge in [0.15, 0.2) is 0 Å². The van der Waals surface area contributed by atoms with Gasteiger partial charge in [-0.2, -0.15) is 0 Å². The summed E-state index contributed by atoms with van der Waals surface area (Å²) in [6.07, 6.45) is 5.98. The molecule has 0 aliphatic carbocycles. The lowest BCUT2D eigenvalue weighted by Crippen LogP contribution is -1.87. The number of allylic oxidation sites excluding steroid dienone is 2. The summed E-state index contributed by atoms with van der Waals surface area (Å²) >= 11 is 0. The smallest absolute Gasteiger partial charge is 0.307 e.